The summed E-state index contributed by atoms with van der Waals surface area (Å²) in [6.07, 6.45) is 4.05. The molecule has 2 rings (SSSR count). The van der Waals surface area contributed by atoms with Crippen molar-refractivity contribution in [2.45, 2.75) is 65.0 Å². The summed E-state index contributed by atoms with van der Waals surface area (Å²) in [7, 11) is 0. The van der Waals surface area contributed by atoms with Crippen LogP contribution in [0, 0.1) is 11.8 Å². The quantitative estimate of drug-likeness (QED) is 0.856. The predicted molar refractivity (Wildman–Crippen MR) is 89.4 cm³/mol. The molecule has 1 aromatic rings. The van der Waals surface area contributed by atoms with Crippen LogP contribution in [-0.4, -0.2) is 12.7 Å². The standard InChI is InChI=1S/C19H31NO/c1-13(2)16-6-8-17(9-7-16)19(20)12-21-18-10-5-14(3)15(4)11-18/h6-9,13-15,18-19H,5,10-12,20H2,1-4H3. The molecule has 0 spiro atoms. The largest absolute Gasteiger partial charge is 0.376 e. The van der Waals surface area contributed by atoms with Crippen molar-refractivity contribution in [2.75, 3.05) is 6.61 Å². The minimum absolute atomic E-state index is 0.0131. The highest BCUT2D eigenvalue weighted by Crippen LogP contribution is 2.31. The van der Waals surface area contributed by atoms with Crippen LogP contribution in [0.4, 0.5) is 0 Å². The highest BCUT2D eigenvalue weighted by molar-refractivity contribution is 5.26. The Bertz CT molecular complexity index is 426. The van der Waals surface area contributed by atoms with E-state index in [0.717, 1.165) is 11.8 Å². The SMILES string of the molecule is CC(C)c1ccc(C(N)COC2CCC(C)C(C)C2)cc1. The lowest BCUT2D eigenvalue weighted by Crippen LogP contribution is -2.29. The van der Waals surface area contributed by atoms with Crippen LogP contribution >= 0.6 is 0 Å². The zero-order valence-corrected chi connectivity index (χ0v) is 14.0. The molecule has 1 aliphatic rings. The topological polar surface area (TPSA) is 35.2 Å². The van der Waals surface area contributed by atoms with Gasteiger partial charge in [0.05, 0.1) is 18.8 Å². The maximum atomic E-state index is 6.28. The second-order valence-corrected chi connectivity index (χ2v) is 7.15. The number of benzene rings is 1. The van der Waals surface area contributed by atoms with Crippen LogP contribution in [0.25, 0.3) is 0 Å². The zero-order chi connectivity index (χ0) is 15.4. The van der Waals surface area contributed by atoms with E-state index in [1.54, 1.807) is 0 Å². The number of hydrogen-bond donors (Lipinski definition) is 1. The molecule has 2 N–H and O–H groups in total. The fourth-order valence-electron chi connectivity index (χ4n) is 3.11. The first-order valence-corrected chi connectivity index (χ1v) is 8.44. The Morgan fingerprint density at radius 3 is 2.24 bits per heavy atom. The molecule has 21 heavy (non-hydrogen) atoms. The van der Waals surface area contributed by atoms with Crippen molar-refractivity contribution in [2.24, 2.45) is 17.6 Å². The molecule has 1 aromatic carbocycles. The summed E-state index contributed by atoms with van der Waals surface area (Å²) >= 11 is 0. The summed E-state index contributed by atoms with van der Waals surface area (Å²) in [5.41, 5.74) is 8.82. The molecule has 1 aliphatic carbocycles. The highest BCUT2D eigenvalue weighted by Gasteiger charge is 2.25. The second-order valence-electron chi connectivity index (χ2n) is 7.15. The molecular weight excluding hydrogens is 258 g/mol. The number of hydrogen-bond acceptors (Lipinski definition) is 2. The lowest BCUT2D eigenvalue weighted by atomic mass is 9.80. The summed E-state index contributed by atoms with van der Waals surface area (Å²) in [5.74, 6) is 2.17. The van der Waals surface area contributed by atoms with E-state index in [2.05, 4.69) is 52.0 Å². The number of nitrogens with two attached hydrogens (primary N) is 1. The molecule has 0 amide bonds. The molecule has 4 unspecified atom stereocenters. The minimum atomic E-state index is -0.0131. The van der Waals surface area contributed by atoms with Gasteiger partial charge in [-0.3, -0.25) is 0 Å². The molecule has 4 atom stereocenters. The average molecular weight is 289 g/mol. The first-order chi connectivity index (χ1) is 9.97. The van der Waals surface area contributed by atoms with Gasteiger partial charge < -0.3 is 10.5 Å². The summed E-state index contributed by atoms with van der Waals surface area (Å²) in [6, 6.07) is 8.65. The van der Waals surface area contributed by atoms with Gasteiger partial charge in [-0.1, -0.05) is 52.0 Å². The molecule has 0 saturated heterocycles. The van der Waals surface area contributed by atoms with Gasteiger partial charge in [0.15, 0.2) is 0 Å². The van der Waals surface area contributed by atoms with Crippen LogP contribution in [0.1, 0.15) is 70.0 Å². The summed E-state index contributed by atoms with van der Waals surface area (Å²) in [4.78, 5) is 0. The van der Waals surface area contributed by atoms with Crippen LogP contribution in [0.2, 0.25) is 0 Å². The third-order valence-corrected chi connectivity index (χ3v) is 5.09. The summed E-state index contributed by atoms with van der Waals surface area (Å²) in [5, 5.41) is 0. The first kappa shape index (κ1) is 16.5. The van der Waals surface area contributed by atoms with E-state index in [0.29, 0.717) is 18.6 Å². The van der Waals surface area contributed by atoms with Gasteiger partial charge in [-0.05, 0) is 48.1 Å². The normalized spacial score (nSPS) is 27.8. The highest BCUT2D eigenvalue weighted by atomic mass is 16.5. The maximum Gasteiger partial charge on any atom is 0.0663 e. The second kappa shape index (κ2) is 7.42. The molecule has 1 fully saturated rings. The van der Waals surface area contributed by atoms with Crippen LogP contribution in [0.3, 0.4) is 0 Å². The van der Waals surface area contributed by atoms with Crippen molar-refractivity contribution in [1.29, 1.82) is 0 Å². The van der Waals surface area contributed by atoms with Gasteiger partial charge in [-0.25, -0.2) is 0 Å². The van der Waals surface area contributed by atoms with E-state index in [1.807, 2.05) is 0 Å². The van der Waals surface area contributed by atoms with E-state index < -0.39 is 0 Å². The van der Waals surface area contributed by atoms with E-state index >= 15 is 0 Å². The molecule has 2 nitrogen and oxygen atoms in total. The molecule has 1 saturated carbocycles. The lowest BCUT2D eigenvalue weighted by Gasteiger charge is -2.32. The number of ether oxygens (including phenoxy) is 1. The Morgan fingerprint density at radius 1 is 1.05 bits per heavy atom. The zero-order valence-electron chi connectivity index (χ0n) is 14.0. The summed E-state index contributed by atoms with van der Waals surface area (Å²) < 4.78 is 6.07. The maximum absolute atomic E-state index is 6.28. The fourth-order valence-corrected chi connectivity index (χ4v) is 3.11. The summed E-state index contributed by atoms with van der Waals surface area (Å²) in [6.45, 7) is 9.74. The van der Waals surface area contributed by atoms with E-state index in [-0.39, 0.29) is 6.04 Å². The smallest absolute Gasteiger partial charge is 0.0663 e. The minimum Gasteiger partial charge on any atom is -0.376 e. The third kappa shape index (κ3) is 4.55. The Kier molecular flexibility index (Phi) is 5.83. The van der Waals surface area contributed by atoms with Crippen molar-refractivity contribution in [3.63, 3.8) is 0 Å². The Morgan fingerprint density at radius 2 is 1.67 bits per heavy atom. The molecule has 0 aliphatic heterocycles. The average Bonchev–Trinajstić information content (AvgIpc) is 2.48. The van der Waals surface area contributed by atoms with Gasteiger partial charge in [-0.15, -0.1) is 0 Å². The Labute approximate surface area is 130 Å². The van der Waals surface area contributed by atoms with Crippen LogP contribution < -0.4 is 5.73 Å². The van der Waals surface area contributed by atoms with Gasteiger partial charge >= 0.3 is 0 Å². The van der Waals surface area contributed by atoms with Crippen molar-refractivity contribution in [3.8, 4) is 0 Å². The first-order valence-electron chi connectivity index (χ1n) is 8.44. The molecule has 118 valence electrons. The van der Waals surface area contributed by atoms with Gasteiger partial charge in [0.25, 0.3) is 0 Å². The van der Waals surface area contributed by atoms with Crippen LogP contribution in [0.15, 0.2) is 24.3 Å². The lowest BCUT2D eigenvalue weighted by molar-refractivity contribution is -0.00363. The molecule has 2 heteroatoms. The van der Waals surface area contributed by atoms with E-state index in [4.69, 9.17) is 10.5 Å². The van der Waals surface area contributed by atoms with Crippen molar-refractivity contribution in [3.05, 3.63) is 35.4 Å². The van der Waals surface area contributed by atoms with Gasteiger partial charge in [0.2, 0.25) is 0 Å². The molecule has 0 bridgehead atoms. The van der Waals surface area contributed by atoms with Crippen LogP contribution in [-0.2, 0) is 4.74 Å². The third-order valence-electron chi connectivity index (χ3n) is 5.09. The van der Waals surface area contributed by atoms with Gasteiger partial charge in [-0.2, -0.15) is 0 Å². The Hall–Kier alpha value is -0.860. The van der Waals surface area contributed by atoms with E-state index in [9.17, 15) is 0 Å². The van der Waals surface area contributed by atoms with Gasteiger partial charge in [0.1, 0.15) is 0 Å². The Balaban J connectivity index is 1.82. The van der Waals surface area contributed by atoms with Crippen LogP contribution in [0.5, 0.6) is 0 Å². The molecule has 0 aromatic heterocycles. The predicted octanol–water partition coefficient (Wildman–Crippen LogP) is 4.65. The van der Waals surface area contributed by atoms with E-state index in [1.165, 1.54) is 30.4 Å². The molecular formula is C19H31NO. The van der Waals surface area contributed by atoms with Crippen molar-refractivity contribution < 1.29 is 4.74 Å². The van der Waals surface area contributed by atoms with Gasteiger partial charge in [0, 0.05) is 0 Å². The number of rotatable bonds is 5. The molecule has 0 radical (unpaired) electrons. The fraction of sp³-hybridized carbons (Fsp3) is 0.684. The van der Waals surface area contributed by atoms with Crippen molar-refractivity contribution in [1.82, 2.24) is 0 Å². The monoisotopic (exact) mass is 289 g/mol. The van der Waals surface area contributed by atoms with Crippen molar-refractivity contribution >= 4 is 0 Å². The molecule has 0 heterocycles.